The van der Waals surface area contributed by atoms with Crippen LogP contribution in [-0.2, 0) is 0 Å². The monoisotopic (exact) mass is 262 g/mol. The van der Waals surface area contributed by atoms with Gasteiger partial charge in [0, 0.05) is 13.2 Å². The number of carbonyl (C=O) groups is 1. The molecule has 0 aliphatic heterocycles. The second-order valence-corrected chi connectivity index (χ2v) is 3.79. The smallest absolute Gasteiger partial charge is 0.271 e. The molecule has 7 nitrogen and oxygen atoms in total. The molecule has 0 spiro atoms. The Labute approximate surface area is 108 Å². The van der Waals surface area contributed by atoms with E-state index in [9.17, 15) is 4.79 Å². The Bertz CT molecular complexity index is 591. The van der Waals surface area contributed by atoms with Crippen molar-refractivity contribution in [3.05, 3.63) is 36.0 Å². The van der Waals surface area contributed by atoms with Crippen molar-refractivity contribution in [1.82, 2.24) is 25.1 Å². The van der Waals surface area contributed by atoms with Gasteiger partial charge in [0.25, 0.3) is 5.91 Å². The number of nitrogens with one attached hydrogen (secondary N) is 1. The van der Waals surface area contributed by atoms with E-state index < -0.39 is 0 Å². The Balaban J connectivity index is 2.29. The van der Waals surface area contributed by atoms with E-state index >= 15 is 0 Å². The molecule has 92 valence electrons. The van der Waals surface area contributed by atoms with Crippen LogP contribution in [0.1, 0.15) is 16.2 Å². The Morgan fingerprint density at radius 2 is 2.17 bits per heavy atom. The van der Waals surface area contributed by atoms with Gasteiger partial charge in [0.05, 0.1) is 12.4 Å². The van der Waals surface area contributed by atoms with Crippen LogP contribution in [0.5, 0.6) is 0 Å². The topological polar surface area (TPSA) is 98.7 Å². The van der Waals surface area contributed by atoms with E-state index in [-0.39, 0.29) is 10.9 Å². The normalized spacial score (nSPS) is 10.1. The molecule has 2 aromatic heterocycles. The van der Waals surface area contributed by atoms with Crippen molar-refractivity contribution >= 4 is 23.1 Å². The van der Waals surface area contributed by atoms with Crippen molar-refractivity contribution in [3.63, 3.8) is 0 Å². The SMILES string of the molecule is CNC(=O)c1ccn(-c2cnc(C(N)=S)cn2)n1. The Morgan fingerprint density at radius 3 is 2.72 bits per heavy atom. The molecule has 0 radical (unpaired) electrons. The first kappa shape index (κ1) is 12.1. The van der Waals surface area contributed by atoms with Crippen LogP contribution in [0.4, 0.5) is 0 Å². The molecule has 18 heavy (non-hydrogen) atoms. The lowest BCUT2D eigenvalue weighted by Gasteiger charge is -2.01. The number of aromatic nitrogens is 4. The highest BCUT2D eigenvalue weighted by Crippen LogP contribution is 2.04. The number of hydrogen-bond acceptors (Lipinski definition) is 5. The van der Waals surface area contributed by atoms with E-state index in [2.05, 4.69) is 20.4 Å². The van der Waals surface area contributed by atoms with Crippen molar-refractivity contribution in [2.45, 2.75) is 0 Å². The predicted octanol–water partition coefficient (Wildman–Crippen LogP) is -0.344. The minimum atomic E-state index is -0.263. The summed E-state index contributed by atoms with van der Waals surface area (Å²) in [6, 6.07) is 1.59. The molecule has 3 N–H and O–H groups in total. The molecule has 0 saturated carbocycles. The molecule has 2 heterocycles. The summed E-state index contributed by atoms with van der Waals surface area (Å²) in [5.74, 6) is 0.214. The number of nitrogens with two attached hydrogens (primary N) is 1. The molecular formula is C10H10N6OS. The summed E-state index contributed by atoms with van der Waals surface area (Å²) in [7, 11) is 1.54. The van der Waals surface area contributed by atoms with Crippen molar-refractivity contribution < 1.29 is 4.79 Å². The van der Waals surface area contributed by atoms with Crippen LogP contribution in [0.25, 0.3) is 5.82 Å². The van der Waals surface area contributed by atoms with Crippen LogP contribution in [0, 0.1) is 0 Å². The second kappa shape index (κ2) is 4.88. The first-order chi connectivity index (χ1) is 8.61. The van der Waals surface area contributed by atoms with Gasteiger partial charge < -0.3 is 11.1 Å². The zero-order valence-corrected chi connectivity index (χ0v) is 10.3. The minimum absolute atomic E-state index is 0.181. The lowest BCUT2D eigenvalue weighted by atomic mass is 10.4. The molecule has 0 aromatic carbocycles. The van der Waals surface area contributed by atoms with E-state index in [0.717, 1.165) is 0 Å². The Kier molecular flexibility index (Phi) is 3.28. The third kappa shape index (κ3) is 2.33. The van der Waals surface area contributed by atoms with Crippen molar-refractivity contribution in [2.24, 2.45) is 5.73 Å². The Hall–Kier alpha value is -2.35. The highest BCUT2D eigenvalue weighted by molar-refractivity contribution is 7.80. The van der Waals surface area contributed by atoms with Gasteiger partial charge in [0.2, 0.25) is 0 Å². The molecular weight excluding hydrogens is 252 g/mol. The third-order valence-electron chi connectivity index (χ3n) is 2.17. The highest BCUT2D eigenvalue weighted by Gasteiger charge is 2.09. The first-order valence-electron chi connectivity index (χ1n) is 5.02. The van der Waals surface area contributed by atoms with Crippen LogP contribution in [-0.4, -0.2) is 37.7 Å². The molecule has 8 heteroatoms. The summed E-state index contributed by atoms with van der Waals surface area (Å²) in [6.45, 7) is 0. The quantitative estimate of drug-likeness (QED) is 0.734. The molecule has 2 aromatic rings. The average molecular weight is 262 g/mol. The first-order valence-corrected chi connectivity index (χ1v) is 5.42. The van der Waals surface area contributed by atoms with Crippen molar-refractivity contribution in [2.75, 3.05) is 7.05 Å². The van der Waals surface area contributed by atoms with E-state index in [0.29, 0.717) is 17.2 Å². The largest absolute Gasteiger partial charge is 0.388 e. The fourth-order valence-corrected chi connectivity index (χ4v) is 1.37. The van der Waals surface area contributed by atoms with Crippen LogP contribution >= 0.6 is 12.2 Å². The highest BCUT2D eigenvalue weighted by atomic mass is 32.1. The molecule has 0 saturated heterocycles. The van der Waals surface area contributed by atoms with Gasteiger partial charge in [-0.25, -0.2) is 14.6 Å². The van der Waals surface area contributed by atoms with Crippen molar-refractivity contribution in [3.8, 4) is 5.82 Å². The van der Waals surface area contributed by atoms with E-state index in [1.54, 1.807) is 12.3 Å². The van der Waals surface area contributed by atoms with Crippen molar-refractivity contribution in [1.29, 1.82) is 0 Å². The number of carbonyl (C=O) groups excluding carboxylic acids is 1. The van der Waals surface area contributed by atoms with E-state index in [4.69, 9.17) is 18.0 Å². The molecule has 0 unspecified atom stereocenters. The summed E-state index contributed by atoms with van der Waals surface area (Å²) in [4.78, 5) is 19.7. The van der Waals surface area contributed by atoms with Crippen LogP contribution in [0.15, 0.2) is 24.7 Å². The lowest BCUT2D eigenvalue weighted by molar-refractivity contribution is 0.0957. The lowest BCUT2D eigenvalue weighted by Crippen LogP contribution is -2.18. The fraction of sp³-hybridized carbons (Fsp3) is 0.100. The van der Waals surface area contributed by atoms with E-state index in [1.165, 1.54) is 24.1 Å². The van der Waals surface area contributed by atoms with Gasteiger partial charge in [0.1, 0.15) is 10.7 Å². The number of nitrogens with zero attached hydrogens (tertiary/aromatic N) is 4. The number of thiocarbonyl (C=S) groups is 1. The van der Waals surface area contributed by atoms with Gasteiger partial charge in [-0.05, 0) is 6.07 Å². The van der Waals surface area contributed by atoms with Crippen LogP contribution in [0.2, 0.25) is 0 Å². The minimum Gasteiger partial charge on any atom is -0.388 e. The van der Waals surface area contributed by atoms with Gasteiger partial charge >= 0.3 is 0 Å². The molecule has 0 atom stereocenters. The van der Waals surface area contributed by atoms with Gasteiger partial charge in [-0.3, -0.25) is 4.79 Å². The molecule has 0 aliphatic carbocycles. The number of hydrogen-bond donors (Lipinski definition) is 2. The van der Waals surface area contributed by atoms with Gasteiger partial charge in [0.15, 0.2) is 11.5 Å². The summed E-state index contributed by atoms with van der Waals surface area (Å²) >= 11 is 4.78. The summed E-state index contributed by atoms with van der Waals surface area (Å²) in [5.41, 5.74) is 6.16. The predicted molar refractivity (Wildman–Crippen MR) is 68.4 cm³/mol. The van der Waals surface area contributed by atoms with Crippen LogP contribution in [0.3, 0.4) is 0 Å². The zero-order chi connectivity index (χ0) is 13.1. The maximum Gasteiger partial charge on any atom is 0.271 e. The van der Waals surface area contributed by atoms with E-state index in [1.807, 2.05) is 0 Å². The second-order valence-electron chi connectivity index (χ2n) is 3.35. The number of rotatable bonds is 3. The maximum atomic E-state index is 11.3. The van der Waals surface area contributed by atoms with Gasteiger partial charge in [-0.1, -0.05) is 12.2 Å². The number of amides is 1. The third-order valence-corrected chi connectivity index (χ3v) is 2.38. The summed E-state index contributed by atoms with van der Waals surface area (Å²) in [5, 5.41) is 6.55. The molecule has 0 bridgehead atoms. The summed E-state index contributed by atoms with van der Waals surface area (Å²) < 4.78 is 1.45. The van der Waals surface area contributed by atoms with Crippen LogP contribution < -0.4 is 11.1 Å². The van der Waals surface area contributed by atoms with Gasteiger partial charge in [-0.2, -0.15) is 5.10 Å². The van der Waals surface area contributed by atoms with Gasteiger partial charge in [-0.15, -0.1) is 0 Å². The molecule has 0 aliphatic rings. The molecule has 1 amide bonds. The molecule has 2 rings (SSSR count). The Morgan fingerprint density at radius 1 is 1.39 bits per heavy atom. The zero-order valence-electron chi connectivity index (χ0n) is 9.49. The average Bonchev–Trinajstić information content (AvgIpc) is 2.87. The fourth-order valence-electron chi connectivity index (χ4n) is 1.27. The summed E-state index contributed by atoms with van der Waals surface area (Å²) in [6.07, 6.45) is 4.56. The standard InChI is InChI=1S/C10H10N6OS/c1-12-10(17)6-2-3-16(15-6)8-5-13-7(4-14-8)9(11)18/h2-5H,1H3,(H2,11,18)(H,12,17). The molecule has 0 fully saturated rings. The maximum absolute atomic E-state index is 11.3.